The zero-order valence-electron chi connectivity index (χ0n) is 11.0. The van der Waals surface area contributed by atoms with E-state index >= 15 is 0 Å². The van der Waals surface area contributed by atoms with Crippen LogP contribution in [0.2, 0.25) is 0 Å². The number of oxazole rings is 1. The second-order valence-electron chi connectivity index (χ2n) is 5.69. The quantitative estimate of drug-likeness (QED) is 0.865. The molecular weight excluding hydrogens is 246 g/mol. The van der Waals surface area contributed by atoms with E-state index in [1.165, 1.54) is 0 Å². The van der Waals surface area contributed by atoms with Gasteiger partial charge in [0.25, 0.3) is 0 Å². The van der Waals surface area contributed by atoms with Gasteiger partial charge < -0.3 is 4.42 Å². The van der Waals surface area contributed by atoms with Crippen molar-refractivity contribution in [1.29, 1.82) is 0 Å². The van der Waals surface area contributed by atoms with Gasteiger partial charge in [-0.25, -0.2) is 4.79 Å². The number of rotatable bonds is 3. The number of hydrogen-bond acceptors (Lipinski definition) is 3. The minimum absolute atomic E-state index is 0.111. The van der Waals surface area contributed by atoms with E-state index in [0.717, 1.165) is 11.3 Å². The number of hydrogen-bond donors (Lipinski definition) is 1. The summed E-state index contributed by atoms with van der Waals surface area (Å²) >= 11 is 4.40. The molecule has 2 aromatic rings. The number of para-hydroxylation sites is 2. The summed E-state index contributed by atoms with van der Waals surface area (Å²) in [6.07, 6.45) is 0. The fraction of sp³-hybridized carbons (Fsp3) is 0.500. The summed E-state index contributed by atoms with van der Waals surface area (Å²) in [7, 11) is 0. The van der Waals surface area contributed by atoms with E-state index in [2.05, 4.69) is 33.4 Å². The minimum atomic E-state index is -0.285. The van der Waals surface area contributed by atoms with Crippen LogP contribution < -0.4 is 5.76 Å². The third-order valence-electron chi connectivity index (χ3n) is 3.42. The minimum Gasteiger partial charge on any atom is -0.408 e. The van der Waals surface area contributed by atoms with E-state index in [1.807, 2.05) is 24.3 Å². The second kappa shape index (κ2) is 4.84. The number of thiol groups is 1. The average molecular weight is 265 g/mol. The molecule has 0 saturated carbocycles. The van der Waals surface area contributed by atoms with Crippen molar-refractivity contribution >= 4 is 23.7 Å². The molecule has 18 heavy (non-hydrogen) atoms. The number of nitrogens with zero attached hydrogens (tertiary/aromatic N) is 1. The Hall–Kier alpha value is -1.16. The van der Waals surface area contributed by atoms with Crippen LogP contribution in [0.5, 0.6) is 0 Å². The maximum Gasteiger partial charge on any atom is 0.419 e. The molecule has 0 radical (unpaired) electrons. The largest absolute Gasteiger partial charge is 0.419 e. The molecule has 0 aliphatic carbocycles. The fourth-order valence-electron chi connectivity index (χ4n) is 2.01. The van der Waals surface area contributed by atoms with Gasteiger partial charge in [0.15, 0.2) is 5.58 Å². The van der Waals surface area contributed by atoms with Crippen molar-refractivity contribution in [3.63, 3.8) is 0 Å². The Labute approximate surface area is 112 Å². The predicted molar refractivity (Wildman–Crippen MR) is 77.3 cm³/mol. The zero-order chi connectivity index (χ0) is 13.3. The molecule has 0 bridgehead atoms. The molecule has 1 heterocycles. The lowest BCUT2D eigenvalue weighted by atomic mass is 9.82. The topological polar surface area (TPSA) is 35.1 Å². The zero-order valence-corrected chi connectivity index (χ0v) is 11.9. The summed E-state index contributed by atoms with van der Waals surface area (Å²) in [5, 5.41) is 0. The van der Waals surface area contributed by atoms with Crippen LogP contribution in [0, 0.1) is 11.3 Å². The molecule has 0 spiro atoms. The maximum absolute atomic E-state index is 11.9. The summed E-state index contributed by atoms with van der Waals surface area (Å²) in [6, 6.07) is 7.52. The molecule has 2 rings (SSSR count). The summed E-state index contributed by atoms with van der Waals surface area (Å²) in [5.41, 5.74) is 1.62. The molecule has 3 nitrogen and oxygen atoms in total. The van der Waals surface area contributed by atoms with Crippen molar-refractivity contribution in [3.8, 4) is 0 Å². The molecule has 0 aliphatic heterocycles. The van der Waals surface area contributed by atoms with Crippen molar-refractivity contribution in [1.82, 2.24) is 4.57 Å². The standard InChI is InChI=1S/C14H19NO2S/c1-14(2,3)10(9-18)8-15-11-6-4-5-7-12(11)17-13(15)16/h4-7,10,18H,8-9H2,1-3H3. The first-order valence-electron chi connectivity index (χ1n) is 6.12. The van der Waals surface area contributed by atoms with E-state index in [-0.39, 0.29) is 11.2 Å². The Bertz CT molecular complexity index is 592. The van der Waals surface area contributed by atoms with Gasteiger partial charge in [-0.15, -0.1) is 0 Å². The molecule has 0 aliphatic rings. The van der Waals surface area contributed by atoms with Crippen molar-refractivity contribution in [2.24, 2.45) is 11.3 Å². The summed E-state index contributed by atoms with van der Waals surface area (Å²) in [5.74, 6) is 0.780. The van der Waals surface area contributed by atoms with Gasteiger partial charge in [-0.2, -0.15) is 12.6 Å². The monoisotopic (exact) mass is 265 g/mol. The molecule has 1 unspecified atom stereocenters. The first kappa shape index (κ1) is 13.3. The van der Waals surface area contributed by atoms with Gasteiger partial charge in [0, 0.05) is 6.54 Å². The van der Waals surface area contributed by atoms with Crippen LogP contribution >= 0.6 is 12.6 Å². The molecule has 98 valence electrons. The van der Waals surface area contributed by atoms with Gasteiger partial charge in [0.1, 0.15) is 0 Å². The van der Waals surface area contributed by atoms with Gasteiger partial charge >= 0.3 is 5.76 Å². The molecule has 4 heteroatoms. The van der Waals surface area contributed by atoms with E-state index in [1.54, 1.807) is 4.57 Å². The fourth-order valence-corrected chi connectivity index (χ4v) is 2.68. The third kappa shape index (κ3) is 2.48. The lowest BCUT2D eigenvalue weighted by Crippen LogP contribution is -2.30. The number of aromatic nitrogens is 1. The highest BCUT2D eigenvalue weighted by Crippen LogP contribution is 2.29. The third-order valence-corrected chi connectivity index (χ3v) is 3.86. The predicted octanol–water partition coefficient (Wildman–Crippen LogP) is 3.19. The lowest BCUT2D eigenvalue weighted by Gasteiger charge is -2.29. The van der Waals surface area contributed by atoms with Crippen molar-refractivity contribution in [2.45, 2.75) is 27.3 Å². The smallest absolute Gasteiger partial charge is 0.408 e. The van der Waals surface area contributed by atoms with E-state index in [9.17, 15) is 4.79 Å². The summed E-state index contributed by atoms with van der Waals surface area (Å²) in [6.45, 7) is 7.15. The number of fused-ring (bicyclic) bond motifs is 1. The van der Waals surface area contributed by atoms with Crippen LogP contribution in [0.15, 0.2) is 33.5 Å². The molecule has 1 atom stereocenters. The van der Waals surface area contributed by atoms with Crippen LogP contribution in [-0.2, 0) is 6.54 Å². The normalized spacial score (nSPS) is 14.0. The van der Waals surface area contributed by atoms with Crippen LogP contribution in [0.1, 0.15) is 20.8 Å². The number of benzene rings is 1. The SMILES string of the molecule is CC(C)(C)C(CS)Cn1c(=O)oc2ccccc21. The van der Waals surface area contributed by atoms with Crippen molar-refractivity contribution in [3.05, 3.63) is 34.8 Å². The molecule has 0 amide bonds. The Kier molecular flexibility index (Phi) is 3.57. The summed E-state index contributed by atoms with van der Waals surface area (Å²) < 4.78 is 6.95. The average Bonchev–Trinajstić information content (AvgIpc) is 2.60. The molecule has 1 aromatic carbocycles. The van der Waals surface area contributed by atoms with Crippen LogP contribution in [-0.4, -0.2) is 10.3 Å². The van der Waals surface area contributed by atoms with Gasteiger partial charge in [-0.1, -0.05) is 32.9 Å². The molecule has 0 fully saturated rings. The lowest BCUT2D eigenvalue weighted by molar-refractivity contribution is 0.235. The molecular formula is C14H19NO2S. The Morgan fingerprint density at radius 1 is 1.33 bits per heavy atom. The van der Waals surface area contributed by atoms with Gasteiger partial charge in [0.2, 0.25) is 0 Å². The highest BCUT2D eigenvalue weighted by Gasteiger charge is 2.25. The van der Waals surface area contributed by atoms with E-state index in [4.69, 9.17) is 4.42 Å². The Balaban J connectivity index is 2.43. The summed E-state index contributed by atoms with van der Waals surface area (Å²) in [4.78, 5) is 11.9. The molecule has 1 aromatic heterocycles. The highest BCUT2D eigenvalue weighted by molar-refractivity contribution is 7.80. The first-order chi connectivity index (χ1) is 8.43. The van der Waals surface area contributed by atoms with Gasteiger partial charge in [-0.05, 0) is 29.2 Å². The maximum atomic E-state index is 11.9. The van der Waals surface area contributed by atoms with Crippen LogP contribution in [0.4, 0.5) is 0 Å². The Morgan fingerprint density at radius 3 is 2.61 bits per heavy atom. The van der Waals surface area contributed by atoms with Gasteiger partial charge in [0.05, 0.1) is 5.52 Å². The highest BCUT2D eigenvalue weighted by atomic mass is 32.1. The van der Waals surface area contributed by atoms with Gasteiger partial charge in [-0.3, -0.25) is 4.57 Å². The van der Waals surface area contributed by atoms with E-state index in [0.29, 0.717) is 18.0 Å². The Morgan fingerprint density at radius 2 is 2.00 bits per heavy atom. The second-order valence-corrected chi connectivity index (χ2v) is 6.06. The first-order valence-corrected chi connectivity index (χ1v) is 6.76. The van der Waals surface area contributed by atoms with Crippen molar-refractivity contribution < 1.29 is 4.42 Å². The molecule has 0 saturated heterocycles. The van der Waals surface area contributed by atoms with Crippen molar-refractivity contribution in [2.75, 3.05) is 5.75 Å². The van der Waals surface area contributed by atoms with Crippen LogP contribution in [0.3, 0.4) is 0 Å². The van der Waals surface area contributed by atoms with Crippen LogP contribution in [0.25, 0.3) is 11.1 Å². The van der Waals surface area contributed by atoms with E-state index < -0.39 is 0 Å². The molecule has 0 N–H and O–H groups in total.